The zero-order valence-electron chi connectivity index (χ0n) is 12.8. The molecule has 1 unspecified atom stereocenters. The number of nitrogens with zero attached hydrogens (tertiary/aromatic N) is 1. The van der Waals surface area contributed by atoms with Gasteiger partial charge in [-0.05, 0) is 30.6 Å². The first-order valence-corrected chi connectivity index (χ1v) is 9.33. The largest absolute Gasteiger partial charge is 0.383 e. The van der Waals surface area contributed by atoms with Crippen LogP contribution in [0.4, 0.5) is 4.79 Å². The maximum atomic E-state index is 12.0. The van der Waals surface area contributed by atoms with Crippen LogP contribution >= 0.6 is 23.1 Å². The molecular weight excluding hydrogens is 318 g/mol. The molecule has 120 valence electrons. The molecule has 1 aromatic heterocycles. The number of thioether (sulfide) groups is 1. The number of fused-ring (bicyclic) bond motifs is 1. The molecule has 0 aliphatic rings. The van der Waals surface area contributed by atoms with E-state index in [0.717, 1.165) is 27.4 Å². The Morgan fingerprint density at radius 1 is 1.45 bits per heavy atom. The normalized spacial score (nSPS) is 12.3. The van der Waals surface area contributed by atoms with Gasteiger partial charge in [0.2, 0.25) is 0 Å². The zero-order valence-corrected chi connectivity index (χ0v) is 14.4. The van der Waals surface area contributed by atoms with Crippen molar-refractivity contribution >= 4 is 39.3 Å². The van der Waals surface area contributed by atoms with Gasteiger partial charge >= 0.3 is 6.03 Å². The predicted molar refractivity (Wildman–Crippen MR) is 93.8 cm³/mol. The molecule has 0 bridgehead atoms. The van der Waals surface area contributed by atoms with E-state index in [4.69, 9.17) is 4.74 Å². The molecule has 2 rings (SSSR count). The van der Waals surface area contributed by atoms with Crippen molar-refractivity contribution in [3.63, 3.8) is 0 Å². The molecule has 0 radical (unpaired) electrons. The Balaban J connectivity index is 2.06. The monoisotopic (exact) mass is 339 g/mol. The predicted octanol–water partition coefficient (Wildman–Crippen LogP) is 3.04. The molecule has 1 atom stereocenters. The van der Waals surface area contributed by atoms with Crippen molar-refractivity contribution in [2.75, 3.05) is 32.3 Å². The van der Waals surface area contributed by atoms with E-state index in [-0.39, 0.29) is 12.1 Å². The molecule has 0 aliphatic carbocycles. The number of hydrogen-bond acceptors (Lipinski definition) is 5. The lowest BCUT2D eigenvalue weighted by Gasteiger charge is -2.16. The molecule has 0 fully saturated rings. The minimum absolute atomic E-state index is 0.0626. The quantitative estimate of drug-likeness (QED) is 0.726. The second-order valence-electron chi connectivity index (χ2n) is 4.75. The van der Waals surface area contributed by atoms with E-state index in [1.165, 1.54) is 0 Å². The van der Waals surface area contributed by atoms with Crippen LogP contribution in [0.3, 0.4) is 0 Å². The van der Waals surface area contributed by atoms with Crippen molar-refractivity contribution in [2.24, 2.45) is 0 Å². The van der Waals surface area contributed by atoms with E-state index in [9.17, 15) is 4.79 Å². The summed E-state index contributed by atoms with van der Waals surface area (Å²) in [6.07, 6.45) is 2.92. The Bertz CT molecular complexity index is 570. The fraction of sp³-hybridized carbons (Fsp3) is 0.467. The van der Waals surface area contributed by atoms with Crippen molar-refractivity contribution < 1.29 is 9.53 Å². The van der Waals surface area contributed by atoms with Gasteiger partial charge in [-0.25, -0.2) is 9.78 Å². The molecule has 0 saturated heterocycles. The Hall–Kier alpha value is -1.31. The summed E-state index contributed by atoms with van der Waals surface area (Å²) < 4.78 is 6.08. The number of rotatable bonds is 8. The lowest BCUT2D eigenvalue weighted by molar-refractivity contribution is 0.195. The average Bonchev–Trinajstić information content (AvgIpc) is 2.95. The molecule has 22 heavy (non-hydrogen) atoms. The lowest BCUT2D eigenvalue weighted by atomic mass is 10.2. The number of amides is 2. The number of nitrogens with one attached hydrogen (secondary N) is 2. The summed E-state index contributed by atoms with van der Waals surface area (Å²) in [5.74, 6) is 0.971. The molecule has 0 spiro atoms. The molecule has 2 N–H and O–H groups in total. The summed E-state index contributed by atoms with van der Waals surface area (Å²) in [5, 5.41) is 6.76. The van der Waals surface area contributed by atoms with Crippen molar-refractivity contribution in [2.45, 2.75) is 12.5 Å². The van der Waals surface area contributed by atoms with Crippen LogP contribution < -0.4 is 10.6 Å². The van der Waals surface area contributed by atoms with E-state index in [0.29, 0.717) is 13.2 Å². The van der Waals surface area contributed by atoms with E-state index in [1.807, 2.05) is 18.2 Å². The number of para-hydroxylation sites is 1. The standard InChI is InChI=1S/C15H21N3O2S2/c1-20-9-8-16-15(19)18-12(7-10-21-2)14-17-11-5-3-4-6-13(11)22-14/h3-6,12H,7-10H2,1-2H3,(H2,16,18,19). The van der Waals surface area contributed by atoms with Crippen molar-refractivity contribution in [3.05, 3.63) is 29.3 Å². The van der Waals surface area contributed by atoms with Crippen LogP contribution in [0.1, 0.15) is 17.5 Å². The number of carbonyl (C=O) groups excluding carboxylic acids is 1. The maximum Gasteiger partial charge on any atom is 0.315 e. The van der Waals surface area contributed by atoms with Gasteiger partial charge < -0.3 is 15.4 Å². The topological polar surface area (TPSA) is 63.2 Å². The fourth-order valence-corrected chi connectivity index (χ4v) is 3.53. The third-order valence-electron chi connectivity index (χ3n) is 3.12. The van der Waals surface area contributed by atoms with Gasteiger partial charge in [0.15, 0.2) is 0 Å². The van der Waals surface area contributed by atoms with Crippen LogP contribution in [0.25, 0.3) is 10.2 Å². The third kappa shape index (κ3) is 4.86. The van der Waals surface area contributed by atoms with Crippen LogP contribution in [-0.2, 0) is 4.74 Å². The first-order valence-electron chi connectivity index (χ1n) is 7.12. The molecule has 2 aromatic rings. The Morgan fingerprint density at radius 2 is 2.27 bits per heavy atom. The lowest BCUT2D eigenvalue weighted by Crippen LogP contribution is -2.39. The smallest absolute Gasteiger partial charge is 0.315 e. The van der Waals surface area contributed by atoms with Gasteiger partial charge in [0, 0.05) is 13.7 Å². The molecular formula is C15H21N3O2S2. The zero-order chi connectivity index (χ0) is 15.8. The van der Waals surface area contributed by atoms with E-state index < -0.39 is 0 Å². The third-order valence-corrected chi connectivity index (χ3v) is 4.91. The van der Waals surface area contributed by atoms with Crippen molar-refractivity contribution in [1.29, 1.82) is 0 Å². The van der Waals surface area contributed by atoms with Crippen molar-refractivity contribution in [1.82, 2.24) is 15.6 Å². The Kier molecular flexibility index (Phi) is 6.95. The Morgan fingerprint density at radius 3 is 3.00 bits per heavy atom. The summed E-state index contributed by atoms with van der Waals surface area (Å²) in [4.78, 5) is 16.6. The number of hydrogen-bond donors (Lipinski definition) is 2. The molecule has 2 amide bonds. The highest BCUT2D eigenvalue weighted by atomic mass is 32.2. The van der Waals surface area contributed by atoms with Crippen LogP contribution in [0.5, 0.6) is 0 Å². The van der Waals surface area contributed by atoms with E-state index >= 15 is 0 Å². The van der Waals surface area contributed by atoms with Crippen LogP contribution in [0.2, 0.25) is 0 Å². The van der Waals surface area contributed by atoms with Crippen LogP contribution in [-0.4, -0.2) is 43.3 Å². The second-order valence-corrected chi connectivity index (χ2v) is 6.79. The van der Waals surface area contributed by atoms with Crippen LogP contribution in [0, 0.1) is 0 Å². The van der Waals surface area contributed by atoms with Gasteiger partial charge in [-0.2, -0.15) is 11.8 Å². The van der Waals surface area contributed by atoms with E-state index in [1.54, 1.807) is 30.2 Å². The number of benzene rings is 1. The maximum absolute atomic E-state index is 12.0. The number of aromatic nitrogens is 1. The molecule has 5 nitrogen and oxygen atoms in total. The van der Waals surface area contributed by atoms with Gasteiger partial charge in [-0.15, -0.1) is 11.3 Å². The summed E-state index contributed by atoms with van der Waals surface area (Å²) >= 11 is 3.40. The summed E-state index contributed by atoms with van der Waals surface area (Å²) in [6.45, 7) is 1.00. The first-order chi connectivity index (χ1) is 10.7. The average molecular weight is 339 g/mol. The molecule has 1 heterocycles. The summed E-state index contributed by atoms with van der Waals surface area (Å²) in [5.41, 5.74) is 0.984. The van der Waals surface area contributed by atoms with E-state index in [2.05, 4.69) is 27.9 Å². The van der Waals surface area contributed by atoms with Crippen LogP contribution in [0.15, 0.2) is 24.3 Å². The minimum Gasteiger partial charge on any atom is -0.383 e. The SMILES string of the molecule is COCCNC(=O)NC(CCSC)c1nc2ccccc2s1. The molecule has 1 aromatic carbocycles. The highest BCUT2D eigenvalue weighted by molar-refractivity contribution is 7.98. The number of ether oxygens (including phenoxy) is 1. The summed E-state index contributed by atoms with van der Waals surface area (Å²) in [6, 6.07) is 7.80. The van der Waals surface area contributed by atoms with Gasteiger partial charge in [-0.1, -0.05) is 12.1 Å². The Labute approximate surface area is 138 Å². The van der Waals surface area contributed by atoms with Gasteiger partial charge in [0.05, 0.1) is 22.9 Å². The second kappa shape index (κ2) is 8.97. The summed E-state index contributed by atoms with van der Waals surface area (Å²) in [7, 11) is 1.61. The molecule has 0 aliphatic heterocycles. The fourth-order valence-electron chi connectivity index (χ4n) is 2.01. The number of thiazole rings is 1. The number of methoxy groups -OCH3 is 1. The number of carbonyl (C=O) groups is 1. The molecule has 7 heteroatoms. The number of urea groups is 1. The van der Waals surface area contributed by atoms with Gasteiger partial charge in [-0.3, -0.25) is 0 Å². The minimum atomic E-state index is -0.178. The highest BCUT2D eigenvalue weighted by Crippen LogP contribution is 2.28. The van der Waals surface area contributed by atoms with Crippen molar-refractivity contribution in [3.8, 4) is 0 Å². The highest BCUT2D eigenvalue weighted by Gasteiger charge is 2.18. The van der Waals surface area contributed by atoms with Gasteiger partial charge in [0.1, 0.15) is 5.01 Å². The molecule has 0 saturated carbocycles. The van der Waals surface area contributed by atoms with Gasteiger partial charge in [0.25, 0.3) is 0 Å². The first kappa shape index (κ1) is 17.1.